The van der Waals surface area contributed by atoms with Crippen molar-refractivity contribution in [3.05, 3.63) is 12.2 Å². The summed E-state index contributed by atoms with van der Waals surface area (Å²) >= 11 is 0. The molecule has 0 aliphatic carbocycles. The normalized spacial score (nSPS) is 28.2. The molecular weight excluding hydrogens is 138 g/mol. The summed E-state index contributed by atoms with van der Waals surface area (Å²) in [7, 11) is 1.73. The second-order valence-electron chi connectivity index (χ2n) is 3.09. The summed E-state index contributed by atoms with van der Waals surface area (Å²) in [6.45, 7) is 2.97. The molecule has 1 aliphatic rings. The van der Waals surface area contributed by atoms with Crippen LogP contribution in [0.4, 0.5) is 0 Å². The Kier molecular flexibility index (Phi) is 2.83. The van der Waals surface area contributed by atoms with Gasteiger partial charge in [-0.3, -0.25) is 4.99 Å². The molecular formula is C9H15NO. The second-order valence-corrected chi connectivity index (χ2v) is 3.09. The number of allylic oxidation sites excluding steroid dienone is 1. The van der Waals surface area contributed by atoms with Gasteiger partial charge in [-0.1, -0.05) is 6.08 Å². The van der Waals surface area contributed by atoms with E-state index in [9.17, 15) is 0 Å². The third-order valence-corrected chi connectivity index (χ3v) is 1.94. The molecule has 0 saturated heterocycles. The zero-order valence-electron chi connectivity index (χ0n) is 7.21. The molecule has 62 valence electrons. The van der Waals surface area contributed by atoms with Gasteiger partial charge in [-0.05, 0) is 25.8 Å². The Morgan fingerprint density at radius 3 is 2.91 bits per heavy atom. The summed E-state index contributed by atoms with van der Waals surface area (Å²) in [5.41, 5.74) is 0.0541. The quantitative estimate of drug-likeness (QED) is 0.564. The molecule has 1 aliphatic heterocycles. The summed E-state index contributed by atoms with van der Waals surface area (Å²) in [6, 6.07) is 0. The molecule has 1 unspecified atom stereocenters. The summed E-state index contributed by atoms with van der Waals surface area (Å²) in [6.07, 6.45) is 8.17. The Labute approximate surface area is 68.0 Å². The summed E-state index contributed by atoms with van der Waals surface area (Å²) in [5.74, 6) is 0. The smallest absolute Gasteiger partial charge is 0.0764 e. The highest BCUT2D eigenvalue weighted by Crippen LogP contribution is 2.21. The van der Waals surface area contributed by atoms with Gasteiger partial charge < -0.3 is 4.74 Å². The van der Waals surface area contributed by atoms with E-state index < -0.39 is 0 Å². The van der Waals surface area contributed by atoms with E-state index in [1.54, 1.807) is 7.11 Å². The van der Waals surface area contributed by atoms with Crippen LogP contribution < -0.4 is 0 Å². The van der Waals surface area contributed by atoms with E-state index in [-0.39, 0.29) is 5.54 Å². The highest BCUT2D eigenvalue weighted by molar-refractivity contribution is 5.75. The molecule has 0 saturated carbocycles. The van der Waals surface area contributed by atoms with Crippen LogP contribution >= 0.6 is 0 Å². The molecule has 0 radical (unpaired) electrons. The molecule has 0 N–H and O–H groups in total. The fraction of sp³-hybridized carbons (Fsp3) is 0.667. The zero-order valence-corrected chi connectivity index (χ0v) is 7.21. The molecule has 2 heteroatoms. The van der Waals surface area contributed by atoms with Crippen LogP contribution in [0, 0.1) is 0 Å². The predicted molar refractivity (Wildman–Crippen MR) is 47.1 cm³/mol. The second kappa shape index (κ2) is 3.67. The van der Waals surface area contributed by atoms with E-state index in [0.29, 0.717) is 0 Å². The first kappa shape index (κ1) is 8.47. The largest absolute Gasteiger partial charge is 0.385 e. The van der Waals surface area contributed by atoms with Crippen LogP contribution in [0.15, 0.2) is 17.1 Å². The lowest BCUT2D eigenvalue weighted by molar-refractivity contribution is 0.188. The van der Waals surface area contributed by atoms with Crippen molar-refractivity contribution in [3.63, 3.8) is 0 Å². The van der Waals surface area contributed by atoms with E-state index in [1.807, 2.05) is 12.3 Å². The molecule has 1 rings (SSSR count). The van der Waals surface area contributed by atoms with Crippen molar-refractivity contribution in [2.45, 2.75) is 25.3 Å². The van der Waals surface area contributed by atoms with Crippen LogP contribution in [0.3, 0.4) is 0 Å². The van der Waals surface area contributed by atoms with Gasteiger partial charge in [0, 0.05) is 19.9 Å². The highest BCUT2D eigenvalue weighted by atomic mass is 16.5. The lowest BCUT2D eigenvalue weighted by Gasteiger charge is -2.17. The molecule has 0 spiro atoms. The minimum atomic E-state index is 0.0541. The van der Waals surface area contributed by atoms with E-state index in [4.69, 9.17) is 4.74 Å². The molecule has 0 bridgehead atoms. The average molecular weight is 153 g/mol. The number of ether oxygens (including phenoxy) is 1. The van der Waals surface area contributed by atoms with Crippen LogP contribution in [0.2, 0.25) is 0 Å². The molecule has 2 nitrogen and oxygen atoms in total. The van der Waals surface area contributed by atoms with Crippen molar-refractivity contribution in [1.29, 1.82) is 0 Å². The number of aliphatic imine (C=N–C) groups is 1. The van der Waals surface area contributed by atoms with Crippen molar-refractivity contribution in [2.24, 2.45) is 4.99 Å². The first-order valence-electron chi connectivity index (χ1n) is 3.99. The monoisotopic (exact) mass is 153 g/mol. The third-order valence-electron chi connectivity index (χ3n) is 1.94. The van der Waals surface area contributed by atoms with Crippen LogP contribution in [0.1, 0.15) is 19.8 Å². The summed E-state index contributed by atoms with van der Waals surface area (Å²) < 4.78 is 4.97. The Morgan fingerprint density at radius 2 is 2.36 bits per heavy atom. The summed E-state index contributed by atoms with van der Waals surface area (Å²) in [5, 5.41) is 0. The van der Waals surface area contributed by atoms with Gasteiger partial charge in [-0.15, -0.1) is 0 Å². The maximum atomic E-state index is 4.97. The van der Waals surface area contributed by atoms with Crippen LogP contribution in [0.25, 0.3) is 0 Å². The van der Waals surface area contributed by atoms with Gasteiger partial charge in [0.05, 0.1) is 5.54 Å². The van der Waals surface area contributed by atoms with Gasteiger partial charge in [0.2, 0.25) is 0 Å². The van der Waals surface area contributed by atoms with Crippen molar-refractivity contribution in [3.8, 4) is 0 Å². The molecule has 0 amide bonds. The molecule has 0 aromatic rings. The molecule has 11 heavy (non-hydrogen) atoms. The van der Waals surface area contributed by atoms with E-state index in [2.05, 4.69) is 18.0 Å². The van der Waals surface area contributed by atoms with Gasteiger partial charge in [-0.2, -0.15) is 0 Å². The third kappa shape index (κ3) is 2.46. The topological polar surface area (TPSA) is 21.6 Å². The number of rotatable bonds is 4. The van der Waals surface area contributed by atoms with E-state index in [0.717, 1.165) is 19.4 Å². The number of methoxy groups -OCH3 is 1. The molecule has 1 heterocycles. The minimum absolute atomic E-state index is 0.0541. The fourth-order valence-electron chi connectivity index (χ4n) is 1.23. The zero-order chi connectivity index (χ0) is 8.16. The van der Waals surface area contributed by atoms with Crippen molar-refractivity contribution >= 4 is 6.21 Å². The van der Waals surface area contributed by atoms with Crippen LogP contribution in [-0.4, -0.2) is 25.5 Å². The number of nitrogens with zero attached hydrogens (tertiary/aromatic N) is 1. The Bertz CT molecular complexity index is 160. The first-order chi connectivity index (χ1) is 5.27. The Hall–Kier alpha value is -0.630. The van der Waals surface area contributed by atoms with Crippen LogP contribution in [-0.2, 0) is 4.74 Å². The summed E-state index contributed by atoms with van der Waals surface area (Å²) in [4.78, 5) is 4.35. The van der Waals surface area contributed by atoms with E-state index >= 15 is 0 Å². The molecule has 0 aromatic carbocycles. The van der Waals surface area contributed by atoms with Gasteiger partial charge in [0.15, 0.2) is 0 Å². The Morgan fingerprint density at radius 1 is 1.55 bits per heavy atom. The Balaban J connectivity index is 2.25. The van der Waals surface area contributed by atoms with Crippen molar-refractivity contribution < 1.29 is 4.74 Å². The average Bonchev–Trinajstić information content (AvgIpc) is 2.38. The number of hydrogen-bond donors (Lipinski definition) is 0. The molecule has 1 atom stereocenters. The van der Waals surface area contributed by atoms with Crippen molar-refractivity contribution in [1.82, 2.24) is 0 Å². The predicted octanol–water partition coefficient (Wildman–Crippen LogP) is 1.81. The van der Waals surface area contributed by atoms with Crippen molar-refractivity contribution in [2.75, 3.05) is 13.7 Å². The molecule has 0 fully saturated rings. The lowest BCUT2D eigenvalue weighted by atomic mass is 9.98. The standard InChI is InChI=1S/C9H15NO/c1-9(5-3-7-10-9)6-4-8-11-2/h3,5,7H,4,6,8H2,1-2H3. The van der Waals surface area contributed by atoms with Gasteiger partial charge >= 0.3 is 0 Å². The fourth-order valence-corrected chi connectivity index (χ4v) is 1.23. The minimum Gasteiger partial charge on any atom is -0.385 e. The van der Waals surface area contributed by atoms with Crippen LogP contribution in [0.5, 0.6) is 0 Å². The SMILES string of the molecule is COCCCC1(C)C=CC=N1. The maximum Gasteiger partial charge on any atom is 0.0764 e. The highest BCUT2D eigenvalue weighted by Gasteiger charge is 2.19. The lowest BCUT2D eigenvalue weighted by Crippen LogP contribution is -2.16. The van der Waals surface area contributed by atoms with Gasteiger partial charge in [-0.25, -0.2) is 0 Å². The number of hydrogen-bond acceptors (Lipinski definition) is 2. The maximum absolute atomic E-state index is 4.97. The first-order valence-corrected chi connectivity index (χ1v) is 3.99. The molecule has 0 aromatic heterocycles. The van der Waals surface area contributed by atoms with Gasteiger partial charge in [0.25, 0.3) is 0 Å². The van der Waals surface area contributed by atoms with Gasteiger partial charge in [0.1, 0.15) is 0 Å². The van der Waals surface area contributed by atoms with E-state index in [1.165, 1.54) is 0 Å².